The SMILES string of the molecule is Clc1cccc(C(c2ccc[nH]2)c2ccc[nH]2)c1Cl. The lowest BCUT2D eigenvalue weighted by atomic mass is 9.92. The molecule has 0 atom stereocenters. The molecular formula is C15H12Cl2N2. The summed E-state index contributed by atoms with van der Waals surface area (Å²) < 4.78 is 0. The molecule has 0 saturated carbocycles. The third-order valence-corrected chi connectivity index (χ3v) is 3.99. The van der Waals surface area contributed by atoms with Crippen molar-refractivity contribution < 1.29 is 0 Å². The number of aromatic amines is 2. The van der Waals surface area contributed by atoms with Gasteiger partial charge in [0.25, 0.3) is 0 Å². The molecule has 0 amide bonds. The first-order valence-electron chi connectivity index (χ1n) is 5.98. The number of hydrogen-bond acceptors (Lipinski definition) is 0. The molecule has 2 aromatic heterocycles. The van der Waals surface area contributed by atoms with Crippen LogP contribution in [0.5, 0.6) is 0 Å². The first kappa shape index (κ1) is 12.4. The van der Waals surface area contributed by atoms with E-state index < -0.39 is 0 Å². The van der Waals surface area contributed by atoms with Crippen LogP contribution in [0.1, 0.15) is 22.9 Å². The summed E-state index contributed by atoms with van der Waals surface area (Å²) in [5, 5.41) is 1.17. The molecule has 0 radical (unpaired) electrons. The Balaban J connectivity index is 2.18. The van der Waals surface area contributed by atoms with Crippen molar-refractivity contribution in [2.75, 3.05) is 0 Å². The van der Waals surface area contributed by atoms with Gasteiger partial charge in [-0.05, 0) is 35.9 Å². The molecule has 0 unspecified atom stereocenters. The van der Waals surface area contributed by atoms with Crippen LogP contribution in [0.25, 0.3) is 0 Å². The topological polar surface area (TPSA) is 31.6 Å². The molecule has 3 rings (SSSR count). The Bertz CT molecular complexity index is 623. The molecular weight excluding hydrogens is 279 g/mol. The minimum atomic E-state index is 0.0243. The van der Waals surface area contributed by atoms with Crippen LogP contribution < -0.4 is 0 Å². The molecule has 3 aromatic rings. The van der Waals surface area contributed by atoms with Gasteiger partial charge >= 0.3 is 0 Å². The molecule has 0 fully saturated rings. The number of H-pyrrole nitrogens is 2. The summed E-state index contributed by atoms with van der Waals surface area (Å²) >= 11 is 12.5. The maximum Gasteiger partial charge on any atom is 0.0656 e. The van der Waals surface area contributed by atoms with Gasteiger partial charge in [-0.3, -0.25) is 0 Å². The van der Waals surface area contributed by atoms with E-state index in [1.165, 1.54) is 0 Å². The Morgan fingerprint density at radius 3 is 1.95 bits per heavy atom. The van der Waals surface area contributed by atoms with E-state index in [1.807, 2.05) is 48.8 Å². The largest absolute Gasteiger partial charge is 0.364 e. The van der Waals surface area contributed by atoms with Crippen LogP contribution in [0.4, 0.5) is 0 Å². The van der Waals surface area contributed by atoms with Crippen LogP contribution in [0, 0.1) is 0 Å². The summed E-state index contributed by atoms with van der Waals surface area (Å²) in [7, 11) is 0. The quantitative estimate of drug-likeness (QED) is 0.692. The van der Waals surface area contributed by atoms with E-state index >= 15 is 0 Å². The van der Waals surface area contributed by atoms with Gasteiger partial charge < -0.3 is 9.97 Å². The Morgan fingerprint density at radius 1 is 0.789 bits per heavy atom. The molecule has 2 N–H and O–H groups in total. The maximum atomic E-state index is 6.36. The Labute approximate surface area is 121 Å². The van der Waals surface area contributed by atoms with Crippen molar-refractivity contribution in [3.63, 3.8) is 0 Å². The Kier molecular flexibility index (Phi) is 3.36. The lowest BCUT2D eigenvalue weighted by Crippen LogP contribution is -2.05. The number of hydrogen-bond donors (Lipinski definition) is 2. The van der Waals surface area contributed by atoms with Crippen molar-refractivity contribution in [3.8, 4) is 0 Å². The maximum absolute atomic E-state index is 6.36. The molecule has 0 bridgehead atoms. The second-order valence-electron chi connectivity index (χ2n) is 4.33. The third-order valence-electron chi connectivity index (χ3n) is 3.16. The van der Waals surface area contributed by atoms with Crippen LogP contribution in [-0.2, 0) is 0 Å². The fourth-order valence-corrected chi connectivity index (χ4v) is 2.71. The summed E-state index contributed by atoms with van der Waals surface area (Å²) in [5.74, 6) is 0.0243. The highest BCUT2D eigenvalue weighted by Gasteiger charge is 2.21. The standard InChI is InChI=1S/C15H12Cl2N2/c16-11-5-1-4-10(15(11)17)14(12-6-2-8-18-12)13-7-3-9-19-13/h1-9,14,18-19H. The summed E-state index contributed by atoms with van der Waals surface area (Å²) in [4.78, 5) is 6.50. The van der Waals surface area contributed by atoms with Crippen LogP contribution in [0.15, 0.2) is 54.9 Å². The average molecular weight is 291 g/mol. The van der Waals surface area contributed by atoms with E-state index in [1.54, 1.807) is 6.07 Å². The fraction of sp³-hybridized carbons (Fsp3) is 0.0667. The van der Waals surface area contributed by atoms with Crippen LogP contribution in [-0.4, -0.2) is 9.97 Å². The van der Waals surface area contributed by atoms with Gasteiger partial charge in [0.05, 0.1) is 16.0 Å². The highest BCUT2D eigenvalue weighted by Crippen LogP contribution is 2.37. The van der Waals surface area contributed by atoms with Crippen LogP contribution in [0.3, 0.4) is 0 Å². The summed E-state index contributed by atoms with van der Waals surface area (Å²) in [5.41, 5.74) is 3.14. The second kappa shape index (κ2) is 5.16. The van der Waals surface area contributed by atoms with Crippen molar-refractivity contribution in [1.82, 2.24) is 9.97 Å². The van der Waals surface area contributed by atoms with Gasteiger partial charge in [-0.15, -0.1) is 0 Å². The highest BCUT2D eigenvalue weighted by molar-refractivity contribution is 6.42. The summed E-state index contributed by atoms with van der Waals surface area (Å²) in [6.45, 7) is 0. The van der Waals surface area contributed by atoms with Crippen molar-refractivity contribution >= 4 is 23.2 Å². The first-order valence-corrected chi connectivity index (χ1v) is 6.73. The summed E-state index contributed by atoms with van der Waals surface area (Å²) in [6, 6.07) is 13.8. The van der Waals surface area contributed by atoms with Crippen molar-refractivity contribution in [2.45, 2.75) is 5.92 Å². The van der Waals surface area contributed by atoms with Gasteiger partial charge in [-0.25, -0.2) is 0 Å². The summed E-state index contributed by atoms with van der Waals surface area (Å²) in [6.07, 6.45) is 3.81. The molecule has 4 heteroatoms. The van der Waals surface area contributed by atoms with Crippen LogP contribution in [0.2, 0.25) is 10.0 Å². The Hall–Kier alpha value is -1.64. The van der Waals surface area contributed by atoms with E-state index in [4.69, 9.17) is 23.2 Å². The van der Waals surface area contributed by atoms with Gasteiger partial charge in [-0.2, -0.15) is 0 Å². The van der Waals surface area contributed by atoms with Gasteiger partial charge in [0.1, 0.15) is 0 Å². The van der Waals surface area contributed by atoms with E-state index in [0.29, 0.717) is 10.0 Å². The number of aromatic nitrogens is 2. The first-order chi connectivity index (χ1) is 9.27. The Morgan fingerprint density at radius 2 is 1.42 bits per heavy atom. The van der Waals surface area contributed by atoms with Gasteiger partial charge in [0.2, 0.25) is 0 Å². The molecule has 0 aliphatic rings. The normalized spacial score (nSPS) is 11.1. The molecule has 0 saturated heterocycles. The van der Waals surface area contributed by atoms with Crippen LogP contribution >= 0.6 is 23.2 Å². The zero-order valence-electron chi connectivity index (χ0n) is 10.0. The number of rotatable bonds is 3. The molecule has 2 nitrogen and oxygen atoms in total. The monoisotopic (exact) mass is 290 g/mol. The average Bonchev–Trinajstić information content (AvgIpc) is 3.08. The lowest BCUT2D eigenvalue weighted by Gasteiger charge is -2.17. The van der Waals surface area contributed by atoms with Gasteiger partial charge in [-0.1, -0.05) is 35.3 Å². The molecule has 19 heavy (non-hydrogen) atoms. The molecule has 0 aliphatic heterocycles. The minimum Gasteiger partial charge on any atom is -0.364 e. The second-order valence-corrected chi connectivity index (χ2v) is 5.11. The zero-order valence-corrected chi connectivity index (χ0v) is 11.5. The number of halogens is 2. The fourth-order valence-electron chi connectivity index (χ4n) is 2.29. The van der Waals surface area contributed by atoms with Gasteiger partial charge in [0, 0.05) is 23.8 Å². The molecule has 2 heterocycles. The third kappa shape index (κ3) is 2.29. The molecule has 1 aromatic carbocycles. The van der Waals surface area contributed by atoms with E-state index in [9.17, 15) is 0 Å². The molecule has 0 spiro atoms. The zero-order chi connectivity index (χ0) is 13.2. The molecule has 96 valence electrons. The van der Waals surface area contributed by atoms with Crippen molar-refractivity contribution in [1.29, 1.82) is 0 Å². The highest BCUT2D eigenvalue weighted by atomic mass is 35.5. The van der Waals surface area contributed by atoms with Gasteiger partial charge in [0.15, 0.2) is 0 Å². The van der Waals surface area contributed by atoms with Crippen molar-refractivity contribution in [2.24, 2.45) is 0 Å². The number of benzene rings is 1. The predicted octanol–water partition coefficient (Wildman–Crippen LogP) is 4.83. The van der Waals surface area contributed by atoms with E-state index in [2.05, 4.69) is 9.97 Å². The van der Waals surface area contributed by atoms with Crippen molar-refractivity contribution in [3.05, 3.63) is 81.9 Å². The smallest absolute Gasteiger partial charge is 0.0656 e. The number of nitrogens with one attached hydrogen (secondary N) is 2. The lowest BCUT2D eigenvalue weighted by molar-refractivity contribution is 0.898. The minimum absolute atomic E-state index is 0.0243. The predicted molar refractivity (Wildman–Crippen MR) is 79.0 cm³/mol. The van der Waals surface area contributed by atoms with E-state index in [-0.39, 0.29) is 5.92 Å². The van der Waals surface area contributed by atoms with E-state index in [0.717, 1.165) is 17.0 Å². The molecule has 0 aliphatic carbocycles.